The Hall–Kier alpha value is -0.410. The van der Waals surface area contributed by atoms with Gasteiger partial charge in [0.05, 0.1) is 10.7 Å². The van der Waals surface area contributed by atoms with Crippen LogP contribution in [0.4, 0.5) is 0 Å². The summed E-state index contributed by atoms with van der Waals surface area (Å²) >= 11 is 1.82. The average Bonchev–Trinajstić information content (AvgIpc) is 2.96. The molecule has 2 rings (SSSR count). The standard InChI is InChI=1S/C14H24N2S/c1-5-15-11(10-6-7-10)8-13-16-12(9-17-13)14(2,3)4/h9-11,15H,5-8H2,1-4H3. The molecule has 1 aliphatic carbocycles. The molecule has 1 heterocycles. The Morgan fingerprint density at radius 2 is 2.18 bits per heavy atom. The average molecular weight is 252 g/mol. The molecule has 96 valence electrons. The second-order valence-electron chi connectivity index (χ2n) is 6.08. The Morgan fingerprint density at radius 3 is 2.65 bits per heavy atom. The first kappa shape index (κ1) is 13.0. The van der Waals surface area contributed by atoms with E-state index in [1.807, 2.05) is 11.3 Å². The highest BCUT2D eigenvalue weighted by Crippen LogP contribution is 2.35. The SMILES string of the molecule is CCNC(Cc1nc(C(C)(C)C)cs1)C1CC1. The molecule has 0 aliphatic heterocycles. The molecule has 1 saturated carbocycles. The van der Waals surface area contributed by atoms with Crippen molar-refractivity contribution in [1.82, 2.24) is 10.3 Å². The van der Waals surface area contributed by atoms with E-state index in [1.165, 1.54) is 23.5 Å². The molecule has 0 spiro atoms. The van der Waals surface area contributed by atoms with E-state index in [0.29, 0.717) is 6.04 Å². The maximum Gasteiger partial charge on any atom is 0.0944 e. The van der Waals surface area contributed by atoms with Crippen molar-refractivity contribution in [3.05, 3.63) is 16.1 Å². The summed E-state index contributed by atoms with van der Waals surface area (Å²) in [6, 6.07) is 0.652. The molecule has 3 heteroatoms. The normalized spacial score (nSPS) is 18.4. The zero-order valence-electron chi connectivity index (χ0n) is 11.4. The van der Waals surface area contributed by atoms with Gasteiger partial charge in [-0.2, -0.15) is 0 Å². The summed E-state index contributed by atoms with van der Waals surface area (Å²) in [6.07, 6.45) is 3.91. The van der Waals surface area contributed by atoms with Gasteiger partial charge in [-0.3, -0.25) is 0 Å². The third kappa shape index (κ3) is 3.52. The lowest BCUT2D eigenvalue weighted by Gasteiger charge is -2.16. The Balaban J connectivity index is 1.99. The van der Waals surface area contributed by atoms with Gasteiger partial charge < -0.3 is 5.32 Å². The van der Waals surface area contributed by atoms with Gasteiger partial charge in [-0.05, 0) is 25.3 Å². The van der Waals surface area contributed by atoms with E-state index in [9.17, 15) is 0 Å². The van der Waals surface area contributed by atoms with Gasteiger partial charge in [-0.15, -0.1) is 11.3 Å². The molecule has 1 aromatic heterocycles. The van der Waals surface area contributed by atoms with Crippen molar-refractivity contribution in [2.45, 2.75) is 58.4 Å². The minimum atomic E-state index is 0.183. The summed E-state index contributed by atoms with van der Waals surface area (Å²) in [7, 11) is 0. The Kier molecular flexibility index (Phi) is 3.88. The molecule has 1 N–H and O–H groups in total. The summed E-state index contributed by atoms with van der Waals surface area (Å²) in [6.45, 7) is 9.95. The molecular formula is C14H24N2S. The fourth-order valence-corrected chi connectivity index (χ4v) is 3.18. The number of rotatable bonds is 5. The fraction of sp³-hybridized carbons (Fsp3) is 0.786. The second kappa shape index (κ2) is 5.07. The van der Waals surface area contributed by atoms with E-state index in [1.54, 1.807) is 0 Å². The van der Waals surface area contributed by atoms with Gasteiger partial charge in [0.25, 0.3) is 0 Å². The highest BCUT2D eigenvalue weighted by atomic mass is 32.1. The quantitative estimate of drug-likeness (QED) is 0.869. The van der Waals surface area contributed by atoms with E-state index in [-0.39, 0.29) is 5.41 Å². The summed E-state index contributed by atoms with van der Waals surface area (Å²) in [4.78, 5) is 4.79. The number of thiazole rings is 1. The molecule has 1 aromatic rings. The second-order valence-corrected chi connectivity index (χ2v) is 7.02. The minimum Gasteiger partial charge on any atom is -0.314 e. The molecule has 0 bridgehead atoms. The number of nitrogens with zero attached hydrogens (tertiary/aromatic N) is 1. The molecular weight excluding hydrogens is 228 g/mol. The topological polar surface area (TPSA) is 24.9 Å². The Morgan fingerprint density at radius 1 is 1.47 bits per heavy atom. The van der Waals surface area contributed by atoms with Crippen LogP contribution in [-0.2, 0) is 11.8 Å². The van der Waals surface area contributed by atoms with Crippen LogP contribution in [0.15, 0.2) is 5.38 Å². The lowest BCUT2D eigenvalue weighted by molar-refractivity contribution is 0.470. The molecule has 1 unspecified atom stereocenters. The lowest BCUT2D eigenvalue weighted by atomic mass is 9.93. The van der Waals surface area contributed by atoms with Gasteiger partial charge in [0.2, 0.25) is 0 Å². The summed E-state index contributed by atoms with van der Waals surface area (Å²) < 4.78 is 0. The molecule has 2 nitrogen and oxygen atoms in total. The van der Waals surface area contributed by atoms with E-state index < -0.39 is 0 Å². The van der Waals surface area contributed by atoms with Gasteiger partial charge in [0.15, 0.2) is 0 Å². The smallest absolute Gasteiger partial charge is 0.0944 e. The zero-order chi connectivity index (χ0) is 12.5. The monoisotopic (exact) mass is 252 g/mol. The van der Waals surface area contributed by atoms with Gasteiger partial charge >= 0.3 is 0 Å². The predicted molar refractivity (Wildman–Crippen MR) is 74.7 cm³/mol. The Bertz CT molecular complexity index is 361. The van der Waals surface area contributed by atoms with Gasteiger partial charge in [0.1, 0.15) is 0 Å². The Labute approximate surface area is 109 Å². The summed E-state index contributed by atoms with van der Waals surface area (Å²) in [5, 5.41) is 7.13. The van der Waals surface area contributed by atoms with E-state index in [0.717, 1.165) is 18.9 Å². The van der Waals surface area contributed by atoms with Crippen molar-refractivity contribution in [3.8, 4) is 0 Å². The lowest BCUT2D eigenvalue weighted by Crippen LogP contribution is -2.32. The van der Waals surface area contributed by atoms with Crippen LogP contribution in [0.2, 0.25) is 0 Å². The van der Waals surface area contributed by atoms with Crippen LogP contribution < -0.4 is 5.32 Å². The molecule has 1 atom stereocenters. The van der Waals surface area contributed by atoms with Crippen LogP contribution in [0.3, 0.4) is 0 Å². The first-order valence-corrected chi connectivity index (χ1v) is 7.57. The number of hydrogen-bond donors (Lipinski definition) is 1. The predicted octanol–water partition coefficient (Wildman–Crippen LogP) is 3.37. The van der Waals surface area contributed by atoms with Crippen molar-refractivity contribution >= 4 is 11.3 Å². The maximum absolute atomic E-state index is 4.79. The summed E-state index contributed by atoms with van der Waals surface area (Å²) in [5.41, 5.74) is 1.42. The third-order valence-corrected chi connectivity index (χ3v) is 4.24. The van der Waals surface area contributed by atoms with Crippen LogP contribution in [-0.4, -0.2) is 17.6 Å². The van der Waals surface area contributed by atoms with Gasteiger partial charge in [-0.1, -0.05) is 27.7 Å². The fourth-order valence-electron chi connectivity index (χ4n) is 2.10. The number of likely N-dealkylation sites (N-methyl/N-ethyl adjacent to an activating group) is 1. The third-order valence-electron chi connectivity index (χ3n) is 3.37. The van der Waals surface area contributed by atoms with Gasteiger partial charge in [-0.25, -0.2) is 4.98 Å². The molecule has 0 aromatic carbocycles. The van der Waals surface area contributed by atoms with E-state index in [2.05, 4.69) is 38.4 Å². The number of aromatic nitrogens is 1. The van der Waals surface area contributed by atoms with Crippen LogP contribution >= 0.6 is 11.3 Å². The van der Waals surface area contributed by atoms with Crippen molar-refractivity contribution in [3.63, 3.8) is 0 Å². The van der Waals surface area contributed by atoms with Crippen molar-refractivity contribution in [1.29, 1.82) is 0 Å². The molecule has 17 heavy (non-hydrogen) atoms. The highest BCUT2D eigenvalue weighted by molar-refractivity contribution is 7.09. The first-order chi connectivity index (χ1) is 8.00. The highest BCUT2D eigenvalue weighted by Gasteiger charge is 2.31. The van der Waals surface area contributed by atoms with Crippen molar-refractivity contribution < 1.29 is 0 Å². The molecule has 0 amide bonds. The largest absolute Gasteiger partial charge is 0.314 e. The van der Waals surface area contributed by atoms with Crippen molar-refractivity contribution in [2.24, 2.45) is 5.92 Å². The van der Waals surface area contributed by atoms with Crippen LogP contribution in [0.25, 0.3) is 0 Å². The molecule has 0 radical (unpaired) electrons. The number of nitrogens with one attached hydrogen (secondary N) is 1. The first-order valence-electron chi connectivity index (χ1n) is 6.69. The maximum atomic E-state index is 4.79. The van der Waals surface area contributed by atoms with Crippen LogP contribution in [0.1, 0.15) is 51.2 Å². The van der Waals surface area contributed by atoms with Crippen molar-refractivity contribution in [2.75, 3.05) is 6.54 Å². The van der Waals surface area contributed by atoms with Crippen LogP contribution in [0, 0.1) is 5.92 Å². The molecule has 1 fully saturated rings. The minimum absolute atomic E-state index is 0.183. The van der Waals surface area contributed by atoms with E-state index >= 15 is 0 Å². The van der Waals surface area contributed by atoms with Crippen LogP contribution in [0.5, 0.6) is 0 Å². The number of hydrogen-bond acceptors (Lipinski definition) is 3. The summed E-state index contributed by atoms with van der Waals surface area (Å²) in [5.74, 6) is 0.900. The molecule has 0 saturated heterocycles. The zero-order valence-corrected chi connectivity index (χ0v) is 12.2. The van der Waals surface area contributed by atoms with Gasteiger partial charge in [0, 0.05) is 23.3 Å². The molecule has 1 aliphatic rings. The van der Waals surface area contributed by atoms with E-state index in [4.69, 9.17) is 4.98 Å².